The molecular weight excluding hydrogens is 344 g/mol. The Labute approximate surface area is 156 Å². The molecule has 2 aromatic carbocycles. The summed E-state index contributed by atoms with van der Waals surface area (Å²) >= 11 is 0. The summed E-state index contributed by atoms with van der Waals surface area (Å²) in [6, 6.07) is 8.29. The monoisotopic (exact) mass is 364 g/mol. The fourth-order valence-corrected chi connectivity index (χ4v) is 4.39. The number of fused-ring (bicyclic) bond motifs is 3. The van der Waals surface area contributed by atoms with Crippen LogP contribution < -0.4 is 5.32 Å². The van der Waals surface area contributed by atoms with Gasteiger partial charge in [0.2, 0.25) is 0 Å². The quantitative estimate of drug-likeness (QED) is 0.466. The van der Waals surface area contributed by atoms with E-state index in [-0.39, 0.29) is 34.1 Å². The molecule has 0 saturated heterocycles. The minimum atomic E-state index is -0.967. The van der Waals surface area contributed by atoms with Crippen LogP contribution in [0.2, 0.25) is 0 Å². The number of hydrogen-bond acceptors (Lipinski definition) is 4. The van der Waals surface area contributed by atoms with Gasteiger partial charge >= 0.3 is 5.97 Å². The van der Waals surface area contributed by atoms with Gasteiger partial charge in [-0.3, -0.25) is 10.1 Å². The van der Waals surface area contributed by atoms with Crippen LogP contribution in [0.25, 0.3) is 0 Å². The Morgan fingerprint density at radius 1 is 1.26 bits per heavy atom. The number of nitrogens with zero attached hydrogens (tertiary/aromatic N) is 1. The third-order valence-corrected chi connectivity index (χ3v) is 5.86. The Morgan fingerprint density at radius 2 is 1.96 bits per heavy atom. The second-order valence-corrected chi connectivity index (χ2v) is 7.29. The van der Waals surface area contributed by atoms with Crippen molar-refractivity contribution in [1.82, 2.24) is 0 Å². The number of nitrogens with one attached hydrogen (secondary N) is 1. The molecular formula is C21H20N2O4. The minimum Gasteiger partial charge on any atom is -0.478 e. The lowest BCUT2D eigenvalue weighted by Gasteiger charge is -2.38. The summed E-state index contributed by atoms with van der Waals surface area (Å²) < 4.78 is 0. The van der Waals surface area contributed by atoms with E-state index in [9.17, 15) is 14.9 Å². The Bertz CT molecular complexity index is 979. The smallest absolute Gasteiger partial charge is 0.335 e. The molecule has 0 unspecified atom stereocenters. The molecule has 6 heteroatoms. The van der Waals surface area contributed by atoms with Gasteiger partial charge in [-0.05, 0) is 60.6 Å². The number of hydrogen-bond donors (Lipinski definition) is 2. The van der Waals surface area contributed by atoms with E-state index < -0.39 is 5.97 Å². The number of carbonyl (C=O) groups is 1. The van der Waals surface area contributed by atoms with Gasteiger partial charge in [-0.15, -0.1) is 0 Å². The Hall–Kier alpha value is -3.15. The molecule has 0 aromatic heterocycles. The third-order valence-electron chi connectivity index (χ3n) is 5.86. The molecule has 2 aliphatic rings. The first kappa shape index (κ1) is 17.3. The van der Waals surface area contributed by atoms with Gasteiger partial charge in [0.05, 0.1) is 16.5 Å². The molecule has 0 fully saturated rings. The minimum absolute atomic E-state index is 0.0963. The second-order valence-electron chi connectivity index (χ2n) is 7.29. The van der Waals surface area contributed by atoms with Crippen molar-refractivity contribution in [2.45, 2.75) is 32.2 Å². The second kappa shape index (κ2) is 6.23. The number of aromatic carboxylic acids is 1. The van der Waals surface area contributed by atoms with Gasteiger partial charge < -0.3 is 10.4 Å². The summed E-state index contributed by atoms with van der Waals surface area (Å²) in [5.41, 5.74) is 4.88. The first-order valence-electron chi connectivity index (χ1n) is 8.93. The number of allylic oxidation sites excluding steroid dienone is 2. The number of benzene rings is 2. The number of anilines is 1. The zero-order valence-electron chi connectivity index (χ0n) is 15.1. The fraction of sp³-hybridized carbons (Fsp3) is 0.286. The number of carboxylic acids is 1. The van der Waals surface area contributed by atoms with Crippen LogP contribution in [-0.4, -0.2) is 16.0 Å². The normalized spacial score (nSPS) is 22.7. The van der Waals surface area contributed by atoms with E-state index in [0.717, 1.165) is 28.7 Å². The van der Waals surface area contributed by atoms with Crippen LogP contribution in [0.5, 0.6) is 0 Å². The molecule has 2 N–H and O–H groups in total. The highest BCUT2D eigenvalue weighted by atomic mass is 16.6. The van der Waals surface area contributed by atoms with E-state index in [4.69, 9.17) is 5.11 Å². The Kier molecular flexibility index (Phi) is 3.98. The number of rotatable bonds is 3. The lowest BCUT2D eigenvalue weighted by molar-refractivity contribution is -0.384. The summed E-state index contributed by atoms with van der Waals surface area (Å²) in [4.78, 5) is 22.5. The molecule has 1 aliphatic heterocycles. The van der Waals surface area contributed by atoms with Crippen molar-refractivity contribution in [2.24, 2.45) is 5.92 Å². The highest BCUT2D eigenvalue weighted by molar-refractivity contribution is 5.87. The van der Waals surface area contributed by atoms with Gasteiger partial charge in [0, 0.05) is 12.0 Å². The standard InChI is InChI=1S/C21H20N2O4/c1-11-10-17(23(26)27)20-18(12(11)2)15-4-3-5-16(15)19(22-20)13-6-8-14(9-7-13)21(24)25/h3-4,6-10,15-16,19,22H,5H2,1-2H3,(H,24,25)/t15-,16-,19+/m1/s1. The number of nitro benzene ring substituents is 1. The molecule has 27 heavy (non-hydrogen) atoms. The van der Waals surface area contributed by atoms with E-state index in [0.29, 0.717) is 5.69 Å². The molecule has 0 saturated carbocycles. The average Bonchev–Trinajstić information content (AvgIpc) is 3.13. The van der Waals surface area contributed by atoms with Crippen LogP contribution in [0.4, 0.5) is 11.4 Å². The zero-order chi connectivity index (χ0) is 19.3. The van der Waals surface area contributed by atoms with Gasteiger partial charge in [-0.2, -0.15) is 0 Å². The van der Waals surface area contributed by atoms with Crippen molar-refractivity contribution in [3.05, 3.63) is 80.4 Å². The first-order valence-corrected chi connectivity index (χ1v) is 8.93. The molecule has 0 spiro atoms. The Morgan fingerprint density at radius 3 is 2.59 bits per heavy atom. The topological polar surface area (TPSA) is 92.5 Å². The molecule has 0 amide bonds. The molecule has 138 valence electrons. The maximum atomic E-state index is 11.7. The highest BCUT2D eigenvalue weighted by Crippen LogP contribution is 2.53. The van der Waals surface area contributed by atoms with E-state index >= 15 is 0 Å². The third kappa shape index (κ3) is 2.68. The molecule has 1 aliphatic carbocycles. The van der Waals surface area contributed by atoms with E-state index in [1.165, 1.54) is 0 Å². The largest absolute Gasteiger partial charge is 0.478 e. The molecule has 1 heterocycles. The summed E-state index contributed by atoms with van der Waals surface area (Å²) in [5.74, 6) is -0.608. The van der Waals surface area contributed by atoms with Crippen LogP contribution in [0, 0.1) is 29.9 Å². The van der Waals surface area contributed by atoms with Crippen LogP contribution in [0.1, 0.15) is 51.0 Å². The van der Waals surface area contributed by atoms with Crippen molar-refractivity contribution in [3.63, 3.8) is 0 Å². The lowest BCUT2D eigenvalue weighted by Crippen LogP contribution is -2.30. The molecule has 0 bridgehead atoms. The average molecular weight is 364 g/mol. The molecule has 3 atom stereocenters. The molecule has 4 rings (SSSR count). The van der Waals surface area contributed by atoms with Gasteiger partial charge in [0.25, 0.3) is 5.69 Å². The van der Waals surface area contributed by atoms with Crippen LogP contribution >= 0.6 is 0 Å². The maximum Gasteiger partial charge on any atom is 0.335 e. The predicted molar refractivity (Wildman–Crippen MR) is 102 cm³/mol. The van der Waals surface area contributed by atoms with Crippen molar-refractivity contribution in [3.8, 4) is 0 Å². The molecule has 2 aromatic rings. The van der Waals surface area contributed by atoms with Crippen LogP contribution in [0.3, 0.4) is 0 Å². The highest BCUT2D eigenvalue weighted by Gasteiger charge is 2.41. The van der Waals surface area contributed by atoms with E-state index in [2.05, 4.69) is 17.5 Å². The zero-order valence-corrected chi connectivity index (χ0v) is 15.1. The van der Waals surface area contributed by atoms with Gasteiger partial charge in [-0.25, -0.2) is 4.79 Å². The lowest BCUT2D eigenvalue weighted by atomic mass is 9.74. The van der Waals surface area contributed by atoms with Crippen LogP contribution in [-0.2, 0) is 0 Å². The predicted octanol–water partition coefficient (Wildman–Crippen LogP) is 4.74. The van der Waals surface area contributed by atoms with Gasteiger partial charge in [0.1, 0.15) is 5.69 Å². The molecule has 0 radical (unpaired) electrons. The molecule has 6 nitrogen and oxygen atoms in total. The SMILES string of the molecule is Cc1cc([N+](=O)[O-])c2c(c1C)[C@@H]1C=CC[C@H]1[C@H](c1ccc(C(=O)O)cc1)N2. The summed E-state index contributed by atoms with van der Waals surface area (Å²) in [6.07, 6.45) is 5.17. The summed E-state index contributed by atoms with van der Waals surface area (Å²) in [7, 11) is 0. The van der Waals surface area contributed by atoms with Crippen LogP contribution in [0.15, 0.2) is 42.5 Å². The maximum absolute atomic E-state index is 11.7. The summed E-state index contributed by atoms with van der Waals surface area (Å²) in [5, 5.41) is 24.2. The fourth-order valence-electron chi connectivity index (χ4n) is 4.39. The first-order chi connectivity index (χ1) is 12.9. The van der Waals surface area contributed by atoms with Gasteiger partial charge in [0.15, 0.2) is 0 Å². The van der Waals surface area contributed by atoms with Crippen molar-refractivity contribution in [2.75, 3.05) is 5.32 Å². The van der Waals surface area contributed by atoms with Crippen molar-refractivity contribution < 1.29 is 14.8 Å². The van der Waals surface area contributed by atoms with Gasteiger partial charge in [-0.1, -0.05) is 24.3 Å². The van der Waals surface area contributed by atoms with Crippen molar-refractivity contribution in [1.29, 1.82) is 0 Å². The van der Waals surface area contributed by atoms with E-state index in [1.807, 2.05) is 13.8 Å². The summed E-state index contributed by atoms with van der Waals surface area (Å²) in [6.45, 7) is 3.93. The van der Waals surface area contributed by atoms with E-state index in [1.54, 1.807) is 30.3 Å². The number of nitro groups is 1. The van der Waals surface area contributed by atoms with Crippen molar-refractivity contribution >= 4 is 17.3 Å². The Balaban J connectivity index is 1.85. The number of carboxylic acid groups (broad SMARTS) is 1. The number of aryl methyl sites for hydroxylation is 1.